The summed E-state index contributed by atoms with van der Waals surface area (Å²) in [6.45, 7) is 13.5. The van der Waals surface area contributed by atoms with Crippen LogP contribution in [-0.2, 0) is 54.1 Å². The highest BCUT2D eigenvalue weighted by Crippen LogP contribution is 2.44. The van der Waals surface area contributed by atoms with Crippen molar-refractivity contribution in [2.24, 2.45) is 5.92 Å². The van der Waals surface area contributed by atoms with E-state index in [0.29, 0.717) is 24.2 Å². The summed E-state index contributed by atoms with van der Waals surface area (Å²) in [5.41, 5.74) is 4.42. The first kappa shape index (κ1) is 56.9. The molecule has 72 heavy (non-hydrogen) atoms. The van der Waals surface area contributed by atoms with E-state index in [9.17, 15) is 28.8 Å². The lowest BCUT2D eigenvalue weighted by atomic mass is 9.98. The number of alkyl carbamates (subject to hydrolysis) is 1. The van der Waals surface area contributed by atoms with E-state index in [0.717, 1.165) is 73.6 Å². The monoisotopic (exact) mass is 998 g/mol. The number of nitrogens with one attached hydrogen (secondary N) is 3. The number of benzene rings is 3. The van der Waals surface area contributed by atoms with E-state index in [1.807, 2.05) is 83.1 Å². The molecule has 1 heterocycles. The highest BCUT2D eigenvalue weighted by molar-refractivity contribution is 5.92. The van der Waals surface area contributed by atoms with Crippen LogP contribution < -0.4 is 20.7 Å². The maximum atomic E-state index is 14.8. The Morgan fingerprint density at radius 1 is 0.681 bits per heavy atom. The second-order valence-corrected chi connectivity index (χ2v) is 20.4. The third-order valence-corrected chi connectivity index (χ3v) is 12.8. The van der Waals surface area contributed by atoms with Crippen molar-refractivity contribution < 1.29 is 57.2 Å². The van der Waals surface area contributed by atoms with Crippen LogP contribution in [-0.4, -0.2) is 98.2 Å². The van der Waals surface area contributed by atoms with Crippen LogP contribution in [0.2, 0.25) is 0 Å². The van der Waals surface area contributed by atoms with Crippen molar-refractivity contribution in [2.45, 2.75) is 186 Å². The highest BCUT2D eigenvalue weighted by atomic mass is 16.6. The Labute approximate surface area is 426 Å². The fourth-order valence-corrected chi connectivity index (χ4v) is 9.22. The van der Waals surface area contributed by atoms with E-state index >= 15 is 0 Å². The molecule has 1 saturated heterocycles. The highest BCUT2D eigenvalue weighted by Gasteiger charge is 2.53. The molecular formula is C57H79N3O12. The number of amides is 3. The molecule has 0 unspecified atom stereocenters. The quantitative estimate of drug-likeness (QED) is 0.0355. The first-order valence-electron chi connectivity index (χ1n) is 26.1. The summed E-state index contributed by atoms with van der Waals surface area (Å²) >= 11 is 0. The van der Waals surface area contributed by atoms with Gasteiger partial charge in [0.25, 0.3) is 5.91 Å². The summed E-state index contributed by atoms with van der Waals surface area (Å²) in [6, 6.07) is 20.8. The Balaban J connectivity index is 1.42. The van der Waals surface area contributed by atoms with Gasteiger partial charge in [-0.25, -0.2) is 9.59 Å². The van der Waals surface area contributed by atoms with Crippen LogP contribution in [0.1, 0.15) is 155 Å². The number of methoxy groups -OCH3 is 1. The average Bonchev–Trinajstić information content (AvgIpc) is 3.85. The van der Waals surface area contributed by atoms with E-state index in [1.165, 1.54) is 7.11 Å². The second-order valence-electron chi connectivity index (χ2n) is 20.4. The van der Waals surface area contributed by atoms with Gasteiger partial charge in [0.05, 0.1) is 13.7 Å². The number of hydrogen-bond acceptors (Lipinski definition) is 12. The molecule has 5 rings (SSSR count). The van der Waals surface area contributed by atoms with Gasteiger partial charge < -0.3 is 44.4 Å². The first-order chi connectivity index (χ1) is 34.5. The van der Waals surface area contributed by atoms with Gasteiger partial charge in [0.2, 0.25) is 5.91 Å². The standard InChI is InChI=1S/C57H79N3O12/c1-9-11-13-15-17-27-48(61)70-50-47(35-58-56(66)68-36-44-42-25-21-19-23-40(42)41-24-20-22-26-43(41)44)69-52(51(50)71-49(62)28-18-16-14-12-10-2)54(64)59-45(53(63)60-46(33-37(3)4)55(65)67-8)34-38-29-31-39(32-30-38)72-57(5,6)7/h19-26,29-32,37,44-47,50-52H,9-18,27-28,33-36H2,1-8H3,(H,58,66)(H,59,64)(H,60,63)/t45-,46-,47+,50+,51-,52+/m0/s1. The number of ether oxygens (including phenoxy) is 6. The predicted molar refractivity (Wildman–Crippen MR) is 274 cm³/mol. The lowest BCUT2D eigenvalue weighted by molar-refractivity contribution is -0.168. The summed E-state index contributed by atoms with van der Waals surface area (Å²) in [5, 5.41) is 8.35. The SMILES string of the molecule is CCCCCCCC(=O)O[C@H]1[C@H](OC(=O)CCCCCCC)[C@H](C(=O)N[C@@H](Cc2ccc(OC(C)(C)C)cc2)C(=O)N[C@@H](CC(C)C)C(=O)OC)O[C@@H]1CNC(=O)OCC1c2ccccc2-c2ccccc21. The Morgan fingerprint density at radius 2 is 1.24 bits per heavy atom. The lowest BCUT2D eigenvalue weighted by Crippen LogP contribution is -2.56. The van der Waals surface area contributed by atoms with Crippen molar-refractivity contribution in [1.29, 1.82) is 0 Å². The van der Waals surface area contributed by atoms with Gasteiger partial charge in [-0.15, -0.1) is 0 Å². The summed E-state index contributed by atoms with van der Waals surface area (Å²) in [4.78, 5) is 82.9. The van der Waals surface area contributed by atoms with Crippen LogP contribution in [0.3, 0.4) is 0 Å². The molecule has 0 aromatic heterocycles. The van der Waals surface area contributed by atoms with Gasteiger partial charge in [0, 0.05) is 25.2 Å². The van der Waals surface area contributed by atoms with Crippen LogP contribution in [0.5, 0.6) is 5.75 Å². The van der Waals surface area contributed by atoms with E-state index in [-0.39, 0.29) is 50.7 Å². The molecule has 1 aliphatic carbocycles. The first-order valence-corrected chi connectivity index (χ1v) is 26.1. The molecule has 3 N–H and O–H groups in total. The maximum absolute atomic E-state index is 14.8. The van der Waals surface area contributed by atoms with Crippen LogP contribution in [0.4, 0.5) is 4.79 Å². The van der Waals surface area contributed by atoms with Crippen LogP contribution in [0.25, 0.3) is 11.1 Å². The number of unbranched alkanes of at least 4 members (excludes halogenated alkanes) is 8. The number of carbonyl (C=O) groups is 6. The van der Waals surface area contributed by atoms with Gasteiger partial charge in [-0.3, -0.25) is 19.2 Å². The fraction of sp³-hybridized carbons (Fsp3) is 0.579. The van der Waals surface area contributed by atoms with E-state index < -0.39 is 77.9 Å². The predicted octanol–water partition coefficient (Wildman–Crippen LogP) is 9.45. The molecule has 1 aliphatic heterocycles. The van der Waals surface area contributed by atoms with Gasteiger partial charge in [-0.05, 0) is 85.9 Å². The molecule has 2 aliphatic rings. The Bertz CT molecular complexity index is 2190. The summed E-state index contributed by atoms with van der Waals surface area (Å²) in [7, 11) is 1.24. The molecule has 3 aromatic rings. The maximum Gasteiger partial charge on any atom is 0.407 e. The zero-order valence-electron chi connectivity index (χ0n) is 43.8. The van der Waals surface area contributed by atoms with Crippen molar-refractivity contribution in [1.82, 2.24) is 16.0 Å². The molecule has 394 valence electrons. The number of carbonyl (C=O) groups excluding carboxylic acids is 6. The van der Waals surface area contributed by atoms with Crippen molar-refractivity contribution in [3.8, 4) is 16.9 Å². The minimum absolute atomic E-state index is 0.00161. The zero-order valence-corrected chi connectivity index (χ0v) is 43.8. The summed E-state index contributed by atoms with van der Waals surface area (Å²) < 4.78 is 35.5. The van der Waals surface area contributed by atoms with Gasteiger partial charge in [-0.1, -0.05) is 140 Å². The number of hydrogen-bond donors (Lipinski definition) is 3. The molecule has 0 spiro atoms. The van der Waals surface area contributed by atoms with Gasteiger partial charge >= 0.3 is 24.0 Å². The van der Waals surface area contributed by atoms with E-state index in [1.54, 1.807) is 24.3 Å². The number of rotatable bonds is 28. The smallest absolute Gasteiger partial charge is 0.407 e. The molecule has 0 saturated carbocycles. The van der Waals surface area contributed by atoms with Crippen molar-refractivity contribution in [2.75, 3.05) is 20.3 Å². The Morgan fingerprint density at radius 3 is 1.78 bits per heavy atom. The van der Waals surface area contributed by atoms with Crippen molar-refractivity contribution >= 4 is 35.8 Å². The number of fused-ring (bicyclic) bond motifs is 3. The molecule has 15 heteroatoms. The summed E-state index contributed by atoms with van der Waals surface area (Å²) in [5.74, 6) is -2.96. The van der Waals surface area contributed by atoms with E-state index in [2.05, 4.69) is 29.8 Å². The van der Waals surface area contributed by atoms with Gasteiger partial charge in [-0.2, -0.15) is 0 Å². The van der Waals surface area contributed by atoms with Crippen LogP contribution >= 0.6 is 0 Å². The van der Waals surface area contributed by atoms with Crippen LogP contribution in [0, 0.1) is 5.92 Å². The summed E-state index contributed by atoms with van der Waals surface area (Å²) in [6.07, 6.45) is 2.68. The zero-order chi connectivity index (χ0) is 52.2. The molecular weight excluding hydrogens is 919 g/mol. The molecule has 0 bridgehead atoms. The molecule has 6 atom stereocenters. The van der Waals surface area contributed by atoms with E-state index in [4.69, 9.17) is 28.4 Å². The minimum Gasteiger partial charge on any atom is -0.488 e. The Kier molecular flexibility index (Phi) is 22.4. The third-order valence-electron chi connectivity index (χ3n) is 12.8. The topological polar surface area (TPSA) is 194 Å². The normalized spacial score (nSPS) is 18.0. The fourth-order valence-electron chi connectivity index (χ4n) is 9.22. The lowest BCUT2D eigenvalue weighted by Gasteiger charge is -2.26. The molecule has 1 fully saturated rings. The third kappa shape index (κ3) is 17.4. The van der Waals surface area contributed by atoms with Crippen LogP contribution in [0.15, 0.2) is 72.8 Å². The number of esters is 3. The van der Waals surface area contributed by atoms with Gasteiger partial charge in [0.1, 0.15) is 36.1 Å². The van der Waals surface area contributed by atoms with Gasteiger partial charge in [0.15, 0.2) is 18.3 Å². The second kappa shape index (κ2) is 28.3. The average molecular weight is 998 g/mol. The molecule has 3 amide bonds. The Hall–Kier alpha value is -5.96. The van der Waals surface area contributed by atoms with Crippen molar-refractivity contribution in [3.63, 3.8) is 0 Å². The molecule has 15 nitrogen and oxygen atoms in total. The van der Waals surface area contributed by atoms with Crippen molar-refractivity contribution in [3.05, 3.63) is 89.5 Å². The molecule has 3 aromatic carbocycles. The minimum atomic E-state index is -1.60. The largest absolute Gasteiger partial charge is 0.488 e. The molecule has 0 radical (unpaired) electrons.